The van der Waals surface area contributed by atoms with E-state index in [0.717, 1.165) is 30.8 Å². The minimum Gasteiger partial charge on any atom is -0.477 e. The van der Waals surface area contributed by atoms with Crippen molar-refractivity contribution in [1.29, 1.82) is 5.26 Å². The molecule has 0 radical (unpaired) electrons. The summed E-state index contributed by atoms with van der Waals surface area (Å²) in [5.41, 5.74) is 9.71. The molecule has 8 rings (SSSR count). The van der Waals surface area contributed by atoms with Crippen molar-refractivity contribution in [2.45, 2.75) is 19.3 Å². The zero-order valence-corrected chi connectivity index (χ0v) is 26.2. The highest BCUT2D eigenvalue weighted by Crippen LogP contribution is 2.49. The Labute approximate surface area is 268 Å². The zero-order chi connectivity index (χ0) is 30.9. The average Bonchev–Trinajstić information content (AvgIpc) is 3.84. The first-order valence-electron chi connectivity index (χ1n) is 14.7. The molecule has 0 unspecified atom stereocenters. The van der Waals surface area contributed by atoms with Crippen LogP contribution >= 0.6 is 22.7 Å². The molecular formula is C39H26N2O2S2. The number of nitriles is 1. The lowest BCUT2D eigenvalue weighted by atomic mass is 9.82. The fourth-order valence-electron chi connectivity index (χ4n) is 6.71. The molecule has 45 heavy (non-hydrogen) atoms. The van der Waals surface area contributed by atoms with Crippen molar-refractivity contribution in [2.75, 3.05) is 0 Å². The maximum absolute atomic E-state index is 11.3. The van der Waals surface area contributed by atoms with Crippen LogP contribution in [0.4, 0.5) is 0 Å². The first-order chi connectivity index (χ1) is 21.8. The molecule has 1 N–H and O–H groups in total. The summed E-state index contributed by atoms with van der Waals surface area (Å²) in [5.74, 6) is -1.21. The molecule has 216 valence electrons. The van der Waals surface area contributed by atoms with Gasteiger partial charge in [0.1, 0.15) is 11.6 Å². The molecule has 3 heterocycles. The first kappa shape index (κ1) is 27.3. The second-order valence-corrected chi connectivity index (χ2v) is 14.0. The standard InChI is InChI=1S/C39H26N2O2S2/c1-39(2)31-9-5-3-7-27(31)28-14-12-25(21-32(28)39)41-33-10-6-4-8-29(33)30-20-23(11-15-34(30)41)35-17-18-37(45-35)36-16-13-26(44-36)19-24(22-40)38(42)43/h3-21H,1-2H3,(H,42,43). The fraction of sp³-hybridized carbons (Fsp3) is 0.0769. The van der Waals surface area contributed by atoms with Crippen molar-refractivity contribution in [1.82, 2.24) is 4.57 Å². The molecule has 0 spiro atoms. The third-order valence-corrected chi connectivity index (χ3v) is 11.3. The Bertz CT molecular complexity index is 2410. The fourth-order valence-corrected chi connectivity index (χ4v) is 8.75. The number of hydrogen-bond donors (Lipinski definition) is 1. The Hall–Kier alpha value is -5.22. The van der Waals surface area contributed by atoms with Crippen LogP contribution in [0, 0.1) is 11.3 Å². The van der Waals surface area contributed by atoms with Gasteiger partial charge in [-0.2, -0.15) is 5.26 Å². The number of fused-ring (bicyclic) bond motifs is 6. The molecule has 0 fully saturated rings. The van der Waals surface area contributed by atoms with Crippen LogP contribution < -0.4 is 0 Å². The van der Waals surface area contributed by atoms with Gasteiger partial charge in [-0.25, -0.2) is 4.79 Å². The number of benzene rings is 4. The van der Waals surface area contributed by atoms with E-state index in [1.807, 2.05) is 12.1 Å². The largest absolute Gasteiger partial charge is 0.477 e. The summed E-state index contributed by atoms with van der Waals surface area (Å²) >= 11 is 3.19. The van der Waals surface area contributed by atoms with E-state index in [1.165, 1.54) is 61.5 Å². The highest BCUT2D eigenvalue weighted by molar-refractivity contribution is 7.24. The number of carboxylic acid groups (broad SMARTS) is 1. The van der Waals surface area contributed by atoms with Crippen molar-refractivity contribution in [3.8, 4) is 43.1 Å². The van der Waals surface area contributed by atoms with Crippen LogP contribution in [0.5, 0.6) is 0 Å². The van der Waals surface area contributed by atoms with Crippen molar-refractivity contribution in [3.63, 3.8) is 0 Å². The first-order valence-corrected chi connectivity index (χ1v) is 16.3. The summed E-state index contributed by atoms with van der Waals surface area (Å²) in [6, 6.07) is 40.9. The minimum atomic E-state index is -1.21. The molecule has 0 amide bonds. The number of hydrogen-bond acceptors (Lipinski definition) is 4. The molecule has 0 saturated heterocycles. The number of aromatic nitrogens is 1. The minimum absolute atomic E-state index is 0.0708. The maximum Gasteiger partial charge on any atom is 0.346 e. The van der Waals surface area contributed by atoms with Gasteiger partial charge in [-0.1, -0.05) is 68.4 Å². The van der Waals surface area contributed by atoms with Gasteiger partial charge < -0.3 is 9.67 Å². The van der Waals surface area contributed by atoms with Gasteiger partial charge >= 0.3 is 5.97 Å². The van der Waals surface area contributed by atoms with Crippen molar-refractivity contribution in [3.05, 3.63) is 131 Å². The number of para-hydroxylation sites is 1. The highest BCUT2D eigenvalue weighted by atomic mass is 32.1. The maximum atomic E-state index is 11.3. The van der Waals surface area contributed by atoms with Crippen LogP contribution in [-0.2, 0) is 10.2 Å². The molecule has 0 saturated carbocycles. The van der Waals surface area contributed by atoms with E-state index in [9.17, 15) is 9.90 Å². The Balaban J connectivity index is 1.20. The summed E-state index contributed by atoms with van der Waals surface area (Å²) in [6.45, 7) is 4.64. The van der Waals surface area contributed by atoms with Gasteiger partial charge in [0.05, 0.1) is 11.0 Å². The molecule has 6 heteroatoms. The molecule has 3 aromatic heterocycles. The van der Waals surface area contributed by atoms with Crippen LogP contribution in [0.15, 0.2) is 115 Å². The van der Waals surface area contributed by atoms with Gasteiger partial charge in [-0.15, -0.1) is 22.7 Å². The van der Waals surface area contributed by atoms with Crippen LogP contribution in [-0.4, -0.2) is 15.6 Å². The summed E-state index contributed by atoms with van der Waals surface area (Å²) in [7, 11) is 0. The van der Waals surface area contributed by atoms with Gasteiger partial charge in [0.25, 0.3) is 0 Å². The molecule has 0 atom stereocenters. The number of thiophene rings is 2. The second-order valence-electron chi connectivity index (χ2n) is 11.8. The summed E-state index contributed by atoms with van der Waals surface area (Å²) in [6.07, 6.45) is 1.43. The highest BCUT2D eigenvalue weighted by Gasteiger charge is 2.35. The van der Waals surface area contributed by atoms with Crippen LogP contribution in [0.25, 0.3) is 64.9 Å². The predicted molar refractivity (Wildman–Crippen MR) is 186 cm³/mol. The lowest BCUT2D eigenvalue weighted by Crippen LogP contribution is -2.15. The van der Waals surface area contributed by atoms with Crippen molar-refractivity contribution >= 4 is 56.5 Å². The van der Waals surface area contributed by atoms with E-state index >= 15 is 0 Å². The van der Waals surface area contributed by atoms with Crippen LogP contribution in [0.3, 0.4) is 0 Å². The van der Waals surface area contributed by atoms with Crippen molar-refractivity contribution < 1.29 is 9.90 Å². The Morgan fingerprint density at radius 2 is 1.47 bits per heavy atom. The average molecular weight is 619 g/mol. The quantitative estimate of drug-likeness (QED) is 0.154. The van der Waals surface area contributed by atoms with Crippen LogP contribution in [0.1, 0.15) is 29.9 Å². The Kier molecular flexibility index (Phi) is 6.18. The summed E-state index contributed by atoms with van der Waals surface area (Å²) in [4.78, 5) is 15.3. The number of rotatable bonds is 5. The van der Waals surface area contributed by atoms with Gasteiger partial charge in [0.15, 0.2) is 0 Å². The molecule has 1 aliphatic rings. The number of carboxylic acids is 1. The van der Waals surface area contributed by atoms with Crippen molar-refractivity contribution in [2.24, 2.45) is 0 Å². The van der Waals surface area contributed by atoms with E-state index in [2.05, 4.69) is 115 Å². The Morgan fingerprint density at radius 1 is 0.756 bits per heavy atom. The van der Waals surface area contributed by atoms with Gasteiger partial charge in [0, 0.05) is 41.4 Å². The van der Waals surface area contributed by atoms with Gasteiger partial charge in [0.2, 0.25) is 0 Å². The molecular weight excluding hydrogens is 593 g/mol. The smallest absolute Gasteiger partial charge is 0.346 e. The SMILES string of the molecule is CC1(C)c2ccccc2-c2ccc(-n3c4ccccc4c4cc(-c5ccc(-c6ccc(C=C(C#N)C(=O)O)s6)s5)ccc43)cc21. The van der Waals surface area contributed by atoms with E-state index < -0.39 is 5.97 Å². The zero-order valence-electron chi connectivity index (χ0n) is 24.5. The molecule has 4 aromatic carbocycles. The molecule has 1 aliphatic carbocycles. The molecule has 4 nitrogen and oxygen atoms in total. The topological polar surface area (TPSA) is 66.0 Å². The van der Waals surface area contributed by atoms with Gasteiger partial charge in [-0.05, 0) is 88.5 Å². The normalized spacial score (nSPS) is 13.6. The molecule has 0 aliphatic heterocycles. The number of carbonyl (C=O) groups is 1. The number of nitrogens with zero attached hydrogens (tertiary/aromatic N) is 2. The second kappa shape index (κ2) is 10.2. The summed E-state index contributed by atoms with van der Waals surface area (Å²) < 4.78 is 2.39. The van der Waals surface area contributed by atoms with E-state index in [0.29, 0.717) is 0 Å². The van der Waals surface area contributed by atoms with E-state index in [4.69, 9.17) is 5.26 Å². The molecule has 0 bridgehead atoms. The van der Waals surface area contributed by atoms with E-state index in [-0.39, 0.29) is 11.0 Å². The van der Waals surface area contributed by atoms with Gasteiger partial charge in [-0.3, -0.25) is 0 Å². The summed E-state index contributed by atoms with van der Waals surface area (Å²) in [5, 5.41) is 20.7. The lowest BCUT2D eigenvalue weighted by Gasteiger charge is -2.22. The third-order valence-electron chi connectivity index (χ3n) is 8.90. The Morgan fingerprint density at radius 3 is 2.31 bits per heavy atom. The monoisotopic (exact) mass is 618 g/mol. The lowest BCUT2D eigenvalue weighted by molar-refractivity contribution is -0.132. The van der Waals surface area contributed by atoms with Crippen LogP contribution in [0.2, 0.25) is 0 Å². The third kappa shape index (κ3) is 4.27. The predicted octanol–water partition coefficient (Wildman–Crippen LogP) is 10.5. The van der Waals surface area contributed by atoms with E-state index in [1.54, 1.807) is 17.4 Å². The molecule has 7 aromatic rings. The number of aliphatic carboxylic acids is 1.